The number of anilines is 3. The monoisotopic (exact) mass is 398 g/mol. The van der Waals surface area contributed by atoms with Gasteiger partial charge in [-0.05, 0) is 43.2 Å². The summed E-state index contributed by atoms with van der Waals surface area (Å²) in [7, 11) is 1.89. The number of carbonyl (C=O) groups is 2. The fourth-order valence-electron chi connectivity index (χ4n) is 3.23. The molecule has 8 nitrogen and oxygen atoms in total. The fourth-order valence-corrected chi connectivity index (χ4v) is 3.23. The zero-order valence-electron chi connectivity index (χ0n) is 16.4. The van der Waals surface area contributed by atoms with Crippen LogP contribution in [0.15, 0.2) is 42.6 Å². The van der Waals surface area contributed by atoms with Crippen LogP contribution in [0.5, 0.6) is 5.75 Å². The van der Waals surface area contributed by atoms with E-state index in [-0.39, 0.29) is 18.4 Å². The quantitative estimate of drug-likeness (QED) is 0.558. The molecule has 3 rings (SSSR count). The number of fused-ring (bicyclic) bond motifs is 1. The zero-order valence-corrected chi connectivity index (χ0v) is 16.4. The van der Waals surface area contributed by atoms with Gasteiger partial charge in [-0.15, -0.1) is 0 Å². The second kappa shape index (κ2) is 9.77. The molecule has 8 heteroatoms. The van der Waals surface area contributed by atoms with Gasteiger partial charge in [-0.25, -0.2) is 4.98 Å². The first kappa shape index (κ1) is 20.4. The Labute approximate surface area is 169 Å². The SMILES string of the molecule is CN1CC(CC(=O)O)Oc2ccc(NC(=O)CCCCNc3ccccn3)cc21. The number of pyridine rings is 1. The molecule has 0 fully saturated rings. The number of aliphatic carboxylic acids is 1. The molecular weight excluding hydrogens is 372 g/mol. The number of hydrogen-bond donors (Lipinski definition) is 3. The zero-order chi connectivity index (χ0) is 20.6. The second-order valence-electron chi connectivity index (χ2n) is 7.05. The topological polar surface area (TPSA) is 104 Å². The Morgan fingerprint density at radius 3 is 2.90 bits per heavy atom. The van der Waals surface area contributed by atoms with E-state index < -0.39 is 5.97 Å². The smallest absolute Gasteiger partial charge is 0.307 e. The Balaban J connectivity index is 1.44. The Morgan fingerprint density at radius 2 is 2.14 bits per heavy atom. The van der Waals surface area contributed by atoms with Crippen LogP contribution < -0.4 is 20.3 Å². The predicted octanol–water partition coefficient (Wildman–Crippen LogP) is 2.97. The summed E-state index contributed by atoms with van der Waals surface area (Å²) in [6.07, 6.45) is 3.39. The molecule has 1 atom stereocenters. The number of nitrogens with one attached hydrogen (secondary N) is 2. The molecule has 1 unspecified atom stereocenters. The van der Waals surface area contributed by atoms with Crippen molar-refractivity contribution < 1.29 is 19.4 Å². The summed E-state index contributed by atoms with van der Waals surface area (Å²) in [6, 6.07) is 11.1. The maximum atomic E-state index is 12.2. The lowest BCUT2D eigenvalue weighted by Crippen LogP contribution is -2.39. The Morgan fingerprint density at radius 1 is 1.28 bits per heavy atom. The van der Waals surface area contributed by atoms with Crippen LogP contribution in [0.25, 0.3) is 0 Å². The van der Waals surface area contributed by atoms with Gasteiger partial charge in [0.2, 0.25) is 5.91 Å². The number of rotatable bonds is 9. The summed E-state index contributed by atoms with van der Waals surface area (Å²) in [5.74, 6) is 0.545. The summed E-state index contributed by atoms with van der Waals surface area (Å²) in [5.41, 5.74) is 1.54. The molecule has 154 valence electrons. The molecule has 0 saturated carbocycles. The largest absolute Gasteiger partial charge is 0.486 e. The van der Waals surface area contributed by atoms with Crippen LogP contribution in [-0.4, -0.2) is 48.2 Å². The summed E-state index contributed by atoms with van der Waals surface area (Å²) in [5, 5.41) is 15.1. The Hall–Kier alpha value is -3.29. The highest BCUT2D eigenvalue weighted by Gasteiger charge is 2.25. The van der Waals surface area contributed by atoms with E-state index in [0.29, 0.717) is 24.4 Å². The van der Waals surface area contributed by atoms with Gasteiger partial charge in [-0.3, -0.25) is 9.59 Å². The molecule has 1 aliphatic heterocycles. The second-order valence-corrected chi connectivity index (χ2v) is 7.05. The molecular formula is C21H26N4O4. The van der Waals surface area contributed by atoms with Gasteiger partial charge < -0.3 is 25.4 Å². The van der Waals surface area contributed by atoms with E-state index in [0.717, 1.165) is 30.9 Å². The molecule has 0 radical (unpaired) electrons. The molecule has 0 bridgehead atoms. The molecule has 1 amide bonds. The molecule has 1 aromatic carbocycles. The lowest BCUT2D eigenvalue weighted by molar-refractivity contribution is -0.138. The van der Waals surface area contributed by atoms with Crippen molar-refractivity contribution in [2.75, 3.05) is 35.7 Å². The summed E-state index contributed by atoms with van der Waals surface area (Å²) in [4.78, 5) is 29.3. The van der Waals surface area contributed by atoms with Crippen LogP contribution >= 0.6 is 0 Å². The van der Waals surface area contributed by atoms with Crippen molar-refractivity contribution >= 4 is 29.1 Å². The summed E-state index contributed by atoms with van der Waals surface area (Å²) < 4.78 is 5.75. The fraction of sp³-hybridized carbons (Fsp3) is 0.381. The average molecular weight is 398 g/mol. The number of aromatic nitrogens is 1. The normalized spacial score (nSPS) is 15.2. The van der Waals surface area contributed by atoms with Crippen LogP contribution in [0.1, 0.15) is 25.7 Å². The van der Waals surface area contributed by atoms with E-state index in [2.05, 4.69) is 15.6 Å². The molecule has 0 aliphatic carbocycles. The highest BCUT2D eigenvalue weighted by atomic mass is 16.5. The number of carboxylic acids is 1. The summed E-state index contributed by atoms with van der Waals surface area (Å²) in [6.45, 7) is 1.25. The number of carbonyl (C=O) groups excluding carboxylic acids is 1. The van der Waals surface area contributed by atoms with Gasteiger partial charge >= 0.3 is 5.97 Å². The summed E-state index contributed by atoms with van der Waals surface area (Å²) >= 11 is 0. The molecule has 1 aliphatic rings. The third kappa shape index (κ3) is 6.10. The number of likely N-dealkylation sites (N-methyl/N-ethyl adjacent to an activating group) is 1. The van der Waals surface area contributed by atoms with Gasteiger partial charge in [0.25, 0.3) is 0 Å². The van der Waals surface area contributed by atoms with Crippen LogP contribution in [0.4, 0.5) is 17.2 Å². The molecule has 3 N–H and O–H groups in total. The highest BCUT2D eigenvalue weighted by molar-refractivity contribution is 5.91. The number of hydrogen-bond acceptors (Lipinski definition) is 6. The minimum atomic E-state index is -0.883. The van der Waals surface area contributed by atoms with E-state index in [1.54, 1.807) is 18.3 Å². The van der Waals surface area contributed by atoms with E-state index in [1.165, 1.54) is 0 Å². The third-order valence-corrected chi connectivity index (χ3v) is 4.63. The van der Waals surface area contributed by atoms with Crippen molar-refractivity contribution in [2.24, 2.45) is 0 Å². The van der Waals surface area contributed by atoms with E-state index in [9.17, 15) is 9.59 Å². The lowest BCUT2D eigenvalue weighted by Gasteiger charge is -2.33. The van der Waals surface area contributed by atoms with Crippen molar-refractivity contribution in [2.45, 2.75) is 31.8 Å². The lowest BCUT2D eigenvalue weighted by atomic mass is 10.1. The Kier molecular flexibility index (Phi) is 6.89. The van der Waals surface area contributed by atoms with Crippen molar-refractivity contribution in [3.8, 4) is 5.75 Å². The number of carboxylic acid groups (broad SMARTS) is 1. The van der Waals surface area contributed by atoms with E-state index in [4.69, 9.17) is 9.84 Å². The molecule has 2 heterocycles. The highest BCUT2D eigenvalue weighted by Crippen LogP contribution is 2.35. The van der Waals surface area contributed by atoms with Gasteiger partial charge in [0.1, 0.15) is 17.7 Å². The van der Waals surface area contributed by atoms with Gasteiger partial charge in [0.05, 0.1) is 18.7 Å². The maximum Gasteiger partial charge on any atom is 0.307 e. The standard InChI is InChI=1S/C21H26N4O4/c1-25-14-16(13-21(27)28)29-18-9-8-15(12-17(18)25)24-20(26)7-3-5-11-23-19-6-2-4-10-22-19/h2,4,6,8-10,12,16H,3,5,7,11,13-14H2,1H3,(H,22,23)(H,24,26)(H,27,28). The van der Waals surface area contributed by atoms with Crippen LogP contribution in [-0.2, 0) is 9.59 Å². The molecule has 1 aromatic heterocycles. The van der Waals surface area contributed by atoms with Gasteiger partial charge in [0.15, 0.2) is 0 Å². The van der Waals surface area contributed by atoms with Crippen LogP contribution in [0, 0.1) is 0 Å². The number of ether oxygens (including phenoxy) is 1. The van der Waals surface area contributed by atoms with Crippen LogP contribution in [0.2, 0.25) is 0 Å². The van der Waals surface area contributed by atoms with Crippen molar-refractivity contribution in [1.82, 2.24) is 4.98 Å². The first-order valence-corrected chi connectivity index (χ1v) is 9.69. The van der Waals surface area contributed by atoms with Gasteiger partial charge in [-0.1, -0.05) is 6.07 Å². The number of benzene rings is 1. The first-order valence-electron chi connectivity index (χ1n) is 9.69. The maximum absolute atomic E-state index is 12.2. The first-order chi connectivity index (χ1) is 14.0. The van der Waals surface area contributed by atoms with Crippen LogP contribution in [0.3, 0.4) is 0 Å². The third-order valence-electron chi connectivity index (χ3n) is 4.63. The molecule has 0 spiro atoms. The minimum Gasteiger partial charge on any atom is -0.486 e. The van der Waals surface area contributed by atoms with Crippen molar-refractivity contribution in [3.05, 3.63) is 42.6 Å². The van der Waals surface area contributed by atoms with E-state index >= 15 is 0 Å². The number of unbranched alkanes of at least 4 members (excludes halogenated alkanes) is 1. The van der Waals surface area contributed by atoms with Gasteiger partial charge in [-0.2, -0.15) is 0 Å². The number of nitrogens with zero attached hydrogens (tertiary/aromatic N) is 2. The predicted molar refractivity (Wildman–Crippen MR) is 112 cm³/mol. The van der Waals surface area contributed by atoms with Crippen molar-refractivity contribution in [3.63, 3.8) is 0 Å². The molecule has 0 saturated heterocycles. The average Bonchev–Trinajstić information content (AvgIpc) is 2.68. The number of amides is 1. The molecule has 29 heavy (non-hydrogen) atoms. The minimum absolute atomic E-state index is 0.0362. The molecule has 2 aromatic rings. The Bertz CT molecular complexity index is 844. The van der Waals surface area contributed by atoms with Crippen molar-refractivity contribution in [1.29, 1.82) is 0 Å². The van der Waals surface area contributed by atoms with Gasteiger partial charge in [0, 0.05) is 31.9 Å². The van der Waals surface area contributed by atoms with E-state index in [1.807, 2.05) is 36.2 Å².